The van der Waals surface area contributed by atoms with Gasteiger partial charge in [0.15, 0.2) is 0 Å². The van der Waals surface area contributed by atoms with Gasteiger partial charge in [-0.05, 0) is 48.6 Å². The summed E-state index contributed by atoms with van der Waals surface area (Å²) in [6.07, 6.45) is 0.865. The summed E-state index contributed by atoms with van der Waals surface area (Å²) in [5.74, 6) is -0.560. The van der Waals surface area contributed by atoms with Gasteiger partial charge < -0.3 is 5.32 Å². The molecule has 16 heavy (non-hydrogen) atoms. The van der Waals surface area contributed by atoms with E-state index in [2.05, 4.69) is 19.2 Å². The van der Waals surface area contributed by atoms with E-state index in [9.17, 15) is 8.78 Å². The molecule has 0 heterocycles. The molecule has 1 aliphatic rings. The second kappa shape index (κ2) is 3.81. The van der Waals surface area contributed by atoms with Gasteiger partial charge in [0, 0.05) is 6.04 Å². The summed E-state index contributed by atoms with van der Waals surface area (Å²) in [4.78, 5) is 0. The standard InChI is InChI=1S/C13H17F2N/c1-13(2)10(7-12(13)16-3)9-6-8(14)4-5-11(9)15/h4-6,10,12,16H,7H2,1-3H3. The van der Waals surface area contributed by atoms with Gasteiger partial charge in [0.25, 0.3) is 0 Å². The molecule has 0 radical (unpaired) electrons. The van der Waals surface area contributed by atoms with Crippen molar-refractivity contribution in [1.82, 2.24) is 5.32 Å². The lowest BCUT2D eigenvalue weighted by atomic mass is 9.56. The second-order valence-electron chi connectivity index (χ2n) is 5.12. The Morgan fingerprint density at radius 1 is 1.31 bits per heavy atom. The molecule has 1 N–H and O–H groups in total. The molecule has 1 saturated carbocycles. The number of halogens is 2. The number of benzene rings is 1. The molecule has 1 aromatic rings. The Labute approximate surface area is 94.9 Å². The van der Waals surface area contributed by atoms with Gasteiger partial charge in [-0.2, -0.15) is 0 Å². The molecular formula is C13H17F2N. The normalized spacial score (nSPS) is 27.6. The lowest BCUT2D eigenvalue weighted by Crippen LogP contribution is -2.54. The first-order valence-electron chi connectivity index (χ1n) is 5.59. The van der Waals surface area contributed by atoms with Crippen molar-refractivity contribution in [2.24, 2.45) is 5.41 Å². The first-order valence-corrected chi connectivity index (χ1v) is 5.59. The Bertz CT molecular complexity index is 401. The predicted octanol–water partition coefficient (Wildman–Crippen LogP) is 3.07. The smallest absolute Gasteiger partial charge is 0.126 e. The summed E-state index contributed by atoms with van der Waals surface area (Å²) in [7, 11) is 1.91. The van der Waals surface area contributed by atoms with E-state index in [-0.39, 0.29) is 23.0 Å². The largest absolute Gasteiger partial charge is 0.316 e. The minimum absolute atomic E-state index is 0.0244. The maximum absolute atomic E-state index is 13.6. The third kappa shape index (κ3) is 1.63. The molecule has 0 bridgehead atoms. The van der Waals surface area contributed by atoms with Crippen LogP contribution >= 0.6 is 0 Å². The molecule has 2 rings (SSSR count). The zero-order valence-corrected chi connectivity index (χ0v) is 9.85. The monoisotopic (exact) mass is 225 g/mol. The highest BCUT2D eigenvalue weighted by Gasteiger charge is 2.48. The van der Waals surface area contributed by atoms with Crippen LogP contribution in [0.5, 0.6) is 0 Å². The SMILES string of the molecule is CNC1CC(c2cc(F)ccc2F)C1(C)C. The van der Waals surface area contributed by atoms with Crippen LogP contribution in [0.2, 0.25) is 0 Å². The third-order valence-electron chi connectivity index (χ3n) is 3.95. The molecule has 1 aromatic carbocycles. The molecular weight excluding hydrogens is 208 g/mol. The highest BCUT2D eigenvalue weighted by molar-refractivity contribution is 5.29. The van der Waals surface area contributed by atoms with Crippen molar-refractivity contribution in [3.63, 3.8) is 0 Å². The van der Waals surface area contributed by atoms with E-state index >= 15 is 0 Å². The van der Waals surface area contributed by atoms with Crippen molar-refractivity contribution in [2.75, 3.05) is 7.05 Å². The Morgan fingerprint density at radius 3 is 2.56 bits per heavy atom. The Hall–Kier alpha value is -0.960. The topological polar surface area (TPSA) is 12.0 Å². The van der Waals surface area contributed by atoms with Crippen molar-refractivity contribution in [3.05, 3.63) is 35.4 Å². The van der Waals surface area contributed by atoms with Gasteiger partial charge in [0.2, 0.25) is 0 Å². The molecule has 0 spiro atoms. The summed E-state index contributed by atoms with van der Waals surface area (Å²) in [5, 5.41) is 3.21. The van der Waals surface area contributed by atoms with Crippen LogP contribution in [0.15, 0.2) is 18.2 Å². The predicted molar refractivity (Wildman–Crippen MR) is 60.3 cm³/mol. The lowest BCUT2D eigenvalue weighted by Gasteiger charge is -2.52. The van der Waals surface area contributed by atoms with Crippen molar-refractivity contribution in [3.8, 4) is 0 Å². The summed E-state index contributed by atoms with van der Waals surface area (Å²) in [5.41, 5.74) is 0.486. The van der Waals surface area contributed by atoms with E-state index in [1.54, 1.807) is 0 Å². The maximum Gasteiger partial charge on any atom is 0.126 e. The van der Waals surface area contributed by atoms with Crippen LogP contribution in [-0.4, -0.2) is 13.1 Å². The number of rotatable bonds is 2. The Morgan fingerprint density at radius 2 is 2.00 bits per heavy atom. The van der Waals surface area contributed by atoms with E-state index in [1.165, 1.54) is 18.2 Å². The van der Waals surface area contributed by atoms with E-state index < -0.39 is 0 Å². The van der Waals surface area contributed by atoms with Crippen molar-refractivity contribution < 1.29 is 8.78 Å². The van der Waals surface area contributed by atoms with Gasteiger partial charge in [0.1, 0.15) is 11.6 Å². The number of nitrogens with one attached hydrogen (secondary N) is 1. The first kappa shape index (κ1) is 11.5. The molecule has 0 saturated heterocycles. The fourth-order valence-corrected chi connectivity index (χ4v) is 2.72. The van der Waals surface area contributed by atoms with Gasteiger partial charge >= 0.3 is 0 Å². The summed E-state index contributed by atoms with van der Waals surface area (Å²) >= 11 is 0. The Balaban J connectivity index is 2.30. The van der Waals surface area contributed by atoms with Gasteiger partial charge in [-0.25, -0.2) is 8.78 Å². The first-order chi connectivity index (χ1) is 7.46. The van der Waals surface area contributed by atoms with Crippen LogP contribution in [0, 0.1) is 17.0 Å². The van der Waals surface area contributed by atoms with Gasteiger partial charge in [-0.15, -0.1) is 0 Å². The van der Waals surface area contributed by atoms with E-state index in [1.807, 2.05) is 7.05 Å². The van der Waals surface area contributed by atoms with E-state index in [0.717, 1.165) is 6.42 Å². The molecule has 1 fully saturated rings. The van der Waals surface area contributed by atoms with Crippen LogP contribution in [-0.2, 0) is 0 Å². The van der Waals surface area contributed by atoms with Crippen LogP contribution in [0.25, 0.3) is 0 Å². The number of hydrogen-bond acceptors (Lipinski definition) is 1. The van der Waals surface area contributed by atoms with E-state index in [0.29, 0.717) is 11.6 Å². The fraction of sp³-hybridized carbons (Fsp3) is 0.538. The second-order valence-corrected chi connectivity index (χ2v) is 5.12. The maximum atomic E-state index is 13.6. The fourth-order valence-electron chi connectivity index (χ4n) is 2.72. The molecule has 2 atom stereocenters. The molecule has 0 amide bonds. The highest BCUT2D eigenvalue weighted by atomic mass is 19.1. The molecule has 0 aliphatic heterocycles. The number of hydrogen-bond donors (Lipinski definition) is 1. The molecule has 1 nitrogen and oxygen atoms in total. The minimum Gasteiger partial charge on any atom is -0.316 e. The molecule has 0 aromatic heterocycles. The van der Waals surface area contributed by atoms with Crippen molar-refractivity contribution >= 4 is 0 Å². The molecule has 1 aliphatic carbocycles. The molecule has 2 unspecified atom stereocenters. The molecule has 88 valence electrons. The average Bonchev–Trinajstić information content (AvgIpc) is 2.22. The van der Waals surface area contributed by atoms with E-state index in [4.69, 9.17) is 0 Å². The highest BCUT2D eigenvalue weighted by Crippen LogP contribution is 2.52. The quantitative estimate of drug-likeness (QED) is 0.815. The average molecular weight is 225 g/mol. The van der Waals surface area contributed by atoms with Crippen molar-refractivity contribution in [1.29, 1.82) is 0 Å². The Kier molecular flexibility index (Phi) is 2.74. The van der Waals surface area contributed by atoms with Crippen LogP contribution in [0.1, 0.15) is 31.7 Å². The summed E-state index contributed by atoms with van der Waals surface area (Å²) < 4.78 is 26.7. The van der Waals surface area contributed by atoms with Crippen LogP contribution in [0.3, 0.4) is 0 Å². The van der Waals surface area contributed by atoms with Gasteiger partial charge in [-0.1, -0.05) is 13.8 Å². The lowest BCUT2D eigenvalue weighted by molar-refractivity contribution is 0.0726. The third-order valence-corrected chi connectivity index (χ3v) is 3.95. The minimum atomic E-state index is -0.361. The van der Waals surface area contributed by atoms with Gasteiger partial charge in [0.05, 0.1) is 0 Å². The summed E-state index contributed by atoms with van der Waals surface area (Å²) in [6, 6.07) is 4.08. The zero-order valence-electron chi connectivity index (χ0n) is 9.85. The van der Waals surface area contributed by atoms with Crippen LogP contribution in [0.4, 0.5) is 8.78 Å². The van der Waals surface area contributed by atoms with Crippen molar-refractivity contribution in [2.45, 2.75) is 32.2 Å². The van der Waals surface area contributed by atoms with Gasteiger partial charge in [-0.3, -0.25) is 0 Å². The molecule has 3 heteroatoms. The summed E-state index contributed by atoms with van der Waals surface area (Å²) in [6.45, 7) is 4.18. The zero-order chi connectivity index (χ0) is 11.9. The van der Waals surface area contributed by atoms with Crippen LogP contribution < -0.4 is 5.32 Å².